The number of phosphoric acid groups is 4. The number of aliphatic hydroxyl groups is 4. The van der Waals surface area contributed by atoms with E-state index in [1.54, 1.807) is 0 Å². The molecule has 32 nitrogen and oxygen atoms in total. The van der Waals surface area contributed by atoms with Gasteiger partial charge in [0, 0.05) is 0 Å². The molecule has 56 heavy (non-hydrogen) atoms. The van der Waals surface area contributed by atoms with E-state index in [2.05, 4.69) is 51.9 Å². The van der Waals surface area contributed by atoms with Gasteiger partial charge in [-0.05, 0) is 0 Å². The predicted octanol–water partition coefficient (Wildman–Crippen LogP) is -1.96. The smallest absolute Gasteiger partial charge is 0.387 e. The van der Waals surface area contributed by atoms with Gasteiger partial charge in [-0.2, -0.15) is 12.9 Å². The van der Waals surface area contributed by atoms with Crippen LogP contribution in [0.25, 0.3) is 22.3 Å². The first-order valence-corrected chi connectivity index (χ1v) is 20.3. The van der Waals surface area contributed by atoms with Gasteiger partial charge in [0.15, 0.2) is 35.4 Å². The zero-order valence-electron chi connectivity index (χ0n) is 28.1. The number of nitrogen functional groups attached to an aromatic ring is 2. The van der Waals surface area contributed by atoms with E-state index in [1.807, 2.05) is 0 Å². The molecule has 0 amide bonds. The van der Waals surface area contributed by atoms with E-state index < -0.39 is 93.6 Å². The summed E-state index contributed by atoms with van der Waals surface area (Å²) in [7, 11) is -23.9. The lowest BCUT2D eigenvalue weighted by Gasteiger charge is -2.21. The third-order valence-electron chi connectivity index (χ3n) is 7.42. The highest BCUT2D eigenvalue weighted by atomic mass is 31.3. The molecule has 0 aromatic carbocycles. The van der Waals surface area contributed by atoms with Crippen molar-refractivity contribution in [3.8, 4) is 0 Å². The second-order valence-corrected chi connectivity index (χ2v) is 17.2. The number of anilines is 2. The first-order valence-electron chi connectivity index (χ1n) is 14.3. The maximum absolute atomic E-state index is 12.4. The van der Waals surface area contributed by atoms with E-state index in [4.69, 9.17) is 20.9 Å². The molecular weight excluding hydrogens is 850 g/mol. The number of fused-ring (bicyclic) bond motifs is 2. The van der Waals surface area contributed by atoms with Gasteiger partial charge in [0.25, 0.3) is 0 Å². The van der Waals surface area contributed by atoms with Crippen LogP contribution >= 0.6 is 31.3 Å². The predicted molar refractivity (Wildman–Crippen MR) is 181 cm³/mol. The molecule has 0 aliphatic carbocycles. The van der Waals surface area contributed by atoms with Crippen LogP contribution in [0.3, 0.4) is 0 Å². The highest BCUT2D eigenvalue weighted by Crippen LogP contribution is 2.71. The maximum atomic E-state index is 12.4. The average Bonchev–Trinajstić information content (AvgIpc) is 3.80. The van der Waals surface area contributed by atoms with Gasteiger partial charge < -0.3 is 79.4 Å². The van der Waals surface area contributed by atoms with E-state index in [-0.39, 0.29) is 52.4 Å². The number of aromatic nitrogens is 8. The van der Waals surface area contributed by atoms with Crippen LogP contribution in [0.15, 0.2) is 25.3 Å². The van der Waals surface area contributed by atoms with Crippen molar-refractivity contribution in [2.75, 3.05) is 24.7 Å². The molecule has 0 bridgehead atoms. The second-order valence-electron chi connectivity index (χ2n) is 11.0. The number of phosphoric ester groups is 2. The molecule has 36 heteroatoms. The molecule has 0 radical (unpaired) electrons. The minimum absolute atomic E-state index is 0. The molecule has 6 heterocycles. The number of hydrogen-bond acceptors (Lipinski definition) is 26. The van der Waals surface area contributed by atoms with E-state index in [0.29, 0.717) is 0 Å². The SMILES string of the molecule is N.N.N.Nc1ncnc2c1ncn2[C@@H]1O[C@H](COP(=O)(O)OP(=O)(O)OP(=O)(O)OP(=O)(O)OC[C@@H]2O[C@H](n3cnc4c(N)ncnc43)C(O)[C@@H]2O)[C@H](O)C1O. The van der Waals surface area contributed by atoms with Crippen LogP contribution in [-0.4, -0.2) is 129 Å². The van der Waals surface area contributed by atoms with Crippen molar-refractivity contribution in [2.24, 2.45) is 0 Å². The van der Waals surface area contributed by atoms with E-state index in [9.17, 15) is 58.3 Å². The summed E-state index contributed by atoms with van der Waals surface area (Å²) in [5.74, 6) is -0.0284. The highest BCUT2D eigenvalue weighted by Gasteiger charge is 2.50. The minimum atomic E-state index is -6.19. The first-order chi connectivity index (χ1) is 24.7. The van der Waals surface area contributed by atoms with Crippen LogP contribution in [-0.2, 0) is 49.7 Å². The number of rotatable bonds is 14. The standard InChI is InChI=1S/C20H28N10O19P4.3H3N/c21-15-9-17(25-3-23-15)29(5-27-9)19-13(33)11(31)7(45-19)1-43-50(35,36)47-52(39,40)49-53(41,42)48-51(37,38)44-2-8-12(32)14(34)20(46-8)30-6-28-10-16(22)24-4-26-18(10)30;;;/h3-8,11-14,19-20,31-34H,1-2H2,(H,35,36)(H,37,38)(H,39,40)(H,41,42)(H2,21,23,25)(H2,22,24,26);3*1H3/t7-,8+,11+,12-,13?,14?,19-,20+;;;. The van der Waals surface area contributed by atoms with E-state index in [1.165, 1.54) is 0 Å². The minimum Gasteiger partial charge on any atom is -0.387 e. The molecule has 6 rings (SSSR count). The summed E-state index contributed by atoms with van der Waals surface area (Å²) in [5.41, 5.74) is 11.9. The van der Waals surface area contributed by atoms with Gasteiger partial charge in [0.2, 0.25) is 0 Å². The number of imidazole rings is 2. The summed E-state index contributed by atoms with van der Waals surface area (Å²) in [6.45, 7) is -2.22. The molecule has 4 aromatic heterocycles. The van der Waals surface area contributed by atoms with Crippen LogP contribution in [0.4, 0.5) is 11.6 Å². The average molecular weight is 887 g/mol. The Labute approximate surface area is 311 Å². The Bertz CT molecular complexity index is 2050. The zero-order valence-corrected chi connectivity index (χ0v) is 31.6. The zero-order chi connectivity index (χ0) is 38.7. The quantitative estimate of drug-likeness (QED) is 0.0611. The summed E-state index contributed by atoms with van der Waals surface area (Å²) in [4.78, 5) is 63.0. The Hall–Kier alpha value is -3.10. The van der Waals surface area contributed by atoms with Gasteiger partial charge in [0.05, 0.1) is 25.9 Å². The summed E-state index contributed by atoms with van der Waals surface area (Å²) < 4.78 is 83.4. The molecule has 12 atom stereocenters. The van der Waals surface area contributed by atoms with Crippen molar-refractivity contribution < 1.29 is 89.7 Å². The van der Waals surface area contributed by atoms with E-state index >= 15 is 0 Å². The topological polar surface area (TPSA) is 539 Å². The van der Waals surface area contributed by atoms with Gasteiger partial charge in [-0.1, -0.05) is 0 Å². The van der Waals surface area contributed by atoms with Gasteiger partial charge in [0.1, 0.15) is 60.3 Å². The summed E-state index contributed by atoms with van der Waals surface area (Å²) in [6.07, 6.45) is -8.58. The van der Waals surface area contributed by atoms with Gasteiger partial charge >= 0.3 is 31.3 Å². The van der Waals surface area contributed by atoms with E-state index in [0.717, 1.165) is 34.4 Å². The van der Waals surface area contributed by atoms with Gasteiger partial charge in [-0.3, -0.25) is 18.2 Å². The van der Waals surface area contributed by atoms with Crippen molar-refractivity contribution in [3.05, 3.63) is 25.3 Å². The van der Waals surface area contributed by atoms with Gasteiger partial charge in [-0.15, -0.1) is 0 Å². The summed E-state index contributed by atoms with van der Waals surface area (Å²) >= 11 is 0. The van der Waals surface area contributed by atoms with Crippen LogP contribution in [0, 0.1) is 0 Å². The van der Waals surface area contributed by atoms with Crippen molar-refractivity contribution in [2.45, 2.75) is 49.1 Å². The molecule has 2 fully saturated rings. The molecule has 21 N–H and O–H groups in total. The van der Waals surface area contributed by atoms with Crippen LogP contribution in [0.1, 0.15) is 12.5 Å². The Morgan fingerprint density at radius 1 is 0.571 bits per heavy atom. The first kappa shape index (κ1) is 47.3. The number of ether oxygens (including phenoxy) is 2. The largest absolute Gasteiger partial charge is 0.490 e. The Morgan fingerprint density at radius 2 is 0.911 bits per heavy atom. The van der Waals surface area contributed by atoms with Crippen LogP contribution in [0.5, 0.6) is 0 Å². The number of hydrogen-bond donors (Lipinski definition) is 13. The molecule has 0 saturated carbocycles. The highest BCUT2D eigenvalue weighted by molar-refractivity contribution is 7.69. The van der Waals surface area contributed by atoms with Crippen molar-refractivity contribution in [3.63, 3.8) is 0 Å². The van der Waals surface area contributed by atoms with Crippen LogP contribution in [0.2, 0.25) is 0 Å². The lowest BCUT2D eigenvalue weighted by atomic mass is 10.1. The Kier molecular flexibility index (Phi) is 14.7. The van der Waals surface area contributed by atoms with Gasteiger partial charge in [-0.25, -0.2) is 48.2 Å². The second kappa shape index (κ2) is 17.4. The number of aliphatic hydroxyl groups excluding tert-OH is 4. The molecule has 0 spiro atoms. The molecule has 2 aliphatic heterocycles. The van der Waals surface area contributed by atoms with Crippen LogP contribution < -0.4 is 29.9 Å². The maximum Gasteiger partial charge on any atom is 0.490 e. The van der Waals surface area contributed by atoms with Crippen molar-refractivity contribution in [1.82, 2.24) is 57.5 Å². The number of nitrogens with two attached hydrogens (primary N) is 2. The fraction of sp³-hybridized carbons (Fsp3) is 0.500. The lowest BCUT2D eigenvalue weighted by Crippen LogP contribution is -2.33. The monoisotopic (exact) mass is 887 g/mol. The molecular formula is C20H37N13O19P4. The third kappa shape index (κ3) is 9.94. The molecule has 2 aliphatic rings. The molecule has 2 saturated heterocycles. The summed E-state index contributed by atoms with van der Waals surface area (Å²) in [6, 6.07) is 0. The Morgan fingerprint density at radius 3 is 1.27 bits per heavy atom. The van der Waals surface area contributed by atoms with Crippen molar-refractivity contribution in [1.29, 1.82) is 0 Å². The summed E-state index contributed by atoms with van der Waals surface area (Å²) in [5, 5.41) is 41.8. The number of nitrogens with zero attached hydrogens (tertiary/aromatic N) is 8. The third-order valence-corrected chi connectivity index (χ3v) is 13.3. The molecule has 316 valence electrons. The molecule has 4 aromatic rings. The van der Waals surface area contributed by atoms with Crippen molar-refractivity contribution >= 4 is 65.3 Å². The fourth-order valence-electron chi connectivity index (χ4n) is 5.11. The Balaban J connectivity index is 0.00000280. The fourth-order valence-corrected chi connectivity index (χ4v) is 10.1. The normalized spacial score (nSPS) is 29.3. The lowest BCUT2D eigenvalue weighted by molar-refractivity contribution is -0.0505. The molecule has 6 unspecified atom stereocenters.